The fraction of sp³-hybridized carbons (Fsp3) is 0.360. The number of amides is 1. The van der Waals surface area contributed by atoms with Gasteiger partial charge in [0.15, 0.2) is 6.10 Å². The van der Waals surface area contributed by atoms with Crippen molar-refractivity contribution in [2.24, 2.45) is 0 Å². The number of fused-ring (bicyclic) bond motifs is 2. The zero-order valence-electron chi connectivity index (χ0n) is 18.3. The lowest BCUT2D eigenvalue weighted by Gasteiger charge is -2.17. The lowest BCUT2D eigenvalue weighted by atomic mass is 9.97. The number of nitrogens with one attached hydrogen (secondary N) is 1. The molecule has 166 valence electrons. The Hall–Kier alpha value is -3.06. The summed E-state index contributed by atoms with van der Waals surface area (Å²) in [6, 6.07) is 11.1. The molecule has 0 radical (unpaired) electrons. The van der Waals surface area contributed by atoms with Crippen LogP contribution in [0.3, 0.4) is 0 Å². The van der Waals surface area contributed by atoms with Crippen molar-refractivity contribution in [3.05, 3.63) is 63.0 Å². The van der Waals surface area contributed by atoms with E-state index in [4.69, 9.17) is 9.72 Å². The minimum atomic E-state index is -0.914. The van der Waals surface area contributed by atoms with Crippen LogP contribution < -0.4 is 5.32 Å². The van der Waals surface area contributed by atoms with Crippen molar-refractivity contribution in [2.45, 2.75) is 58.6 Å². The number of ketones is 1. The first-order valence-electron chi connectivity index (χ1n) is 10.9. The van der Waals surface area contributed by atoms with Crippen LogP contribution in [0.15, 0.2) is 36.4 Å². The van der Waals surface area contributed by atoms with Gasteiger partial charge in [-0.2, -0.15) is 0 Å². The Morgan fingerprint density at radius 3 is 2.69 bits per heavy atom. The summed E-state index contributed by atoms with van der Waals surface area (Å²) in [5.74, 6) is -0.850. The average molecular weight is 451 g/mol. The highest BCUT2D eigenvalue weighted by atomic mass is 32.1. The molecular weight excluding hydrogens is 424 g/mol. The lowest BCUT2D eigenvalue weighted by molar-refractivity contribution is -0.119. The first-order chi connectivity index (χ1) is 15.4. The predicted molar refractivity (Wildman–Crippen MR) is 124 cm³/mol. The highest BCUT2D eigenvalue weighted by molar-refractivity contribution is 7.14. The van der Waals surface area contributed by atoms with Crippen LogP contribution >= 0.6 is 11.3 Å². The molecule has 0 fully saturated rings. The number of Topliss-reactive ketones (excluding diaryl/α,β-unsaturated/α-hetero) is 1. The number of benzene rings is 1. The predicted octanol–water partition coefficient (Wildman–Crippen LogP) is 4.63. The molecule has 3 aromatic rings. The number of para-hydroxylation sites is 1. The van der Waals surface area contributed by atoms with Gasteiger partial charge in [0.2, 0.25) is 11.7 Å². The molecule has 0 saturated heterocycles. The molecule has 2 aromatic heterocycles. The van der Waals surface area contributed by atoms with Gasteiger partial charge in [0.1, 0.15) is 0 Å². The van der Waals surface area contributed by atoms with Gasteiger partial charge >= 0.3 is 5.97 Å². The van der Waals surface area contributed by atoms with Gasteiger partial charge < -0.3 is 10.1 Å². The molecule has 4 rings (SSSR count). The molecule has 0 saturated carbocycles. The van der Waals surface area contributed by atoms with Gasteiger partial charge in [0.25, 0.3) is 0 Å². The number of rotatable bonds is 6. The minimum absolute atomic E-state index is 0.128. The Labute approximate surface area is 191 Å². The van der Waals surface area contributed by atoms with Gasteiger partial charge in [-0.15, -0.1) is 11.3 Å². The van der Waals surface area contributed by atoms with Crippen LogP contribution in [0.4, 0.5) is 0 Å². The monoisotopic (exact) mass is 450 g/mol. The largest absolute Gasteiger partial charge is 0.451 e. The number of hydrogen-bond donors (Lipinski definition) is 1. The van der Waals surface area contributed by atoms with Crippen molar-refractivity contribution in [1.82, 2.24) is 10.3 Å². The van der Waals surface area contributed by atoms with Crippen molar-refractivity contribution in [2.75, 3.05) is 0 Å². The third-order valence-electron chi connectivity index (χ3n) is 5.69. The molecule has 2 heterocycles. The summed E-state index contributed by atoms with van der Waals surface area (Å²) in [4.78, 5) is 43.5. The standard InChI is InChI=1S/C25H26N2O4S/c1-15(24(29)22-13-12-17(32-22)14-26-16(2)28)31-25(30)23-18-8-4-3-5-10-20(18)27-21-11-7-6-9-19(21)23/h6-7,9,11-13,15H,3-5,8,10,14H2,1-2H3,(H,26,28). The van der Waals surface area contributed by atoms with E-state index < -0.39 is 12.1 Å². The summed E-state index contributed by atoms with van der Waals surface area (Å²) in [6.45, 7) is 3.43. The number of aryl methyl sites for hydroxylation is 1. The third kappa shape index (κ3) is 4.72. The van der Waals surface area contributed by atoms with Crippen molar-refractivity contribution >= 4 is 39.9 Å². The maximum Gasteiger partial charge on any atom is 0.339 e. The van der Waals surface area contributed by atoms with Gasteiger partial charge in [0, 0.05) is 22.9 Å². The summed E-state index contributed by atoms with van der Waals surface area (Å²) in [5, 5.41) is 3.49. The summed E-state index contributed by atoms with van der Waals surface area (Å²) in [6.07, 6.45) is 3.89. The molecule has 6 nitrogen and oxygen atoms in total. The SMILES string of the molecule is CC(=O)NCc1ccc(C(=O)C(C)OC(=O)c2c3c(nc4ccccc24)CCCCC3)s1. The van der Waals surface area contributed by atoms with E-state index in [2.05, 4.69) is 5.32 Å². The number of carbonyl (C=O) groups excluding carboxylic acids is 3. The van der Waals surface area contributed by atoms with Gasteiger partial charge in [-0.3, -0.25) is 14.6 Å². The smallest absolute Gasteiger partial charge is 0.339 e. The van der Waals surface area contributed by atoms with Crippen LogP contribution in [0.5, 0.6) is 0 Å². The second kappa shape index (κ2) is 9.61. The van der Waals surface area contributed by atoms with Crippen LogP contribution in [-0.2, 0) is 28.9 Å². The topological polar surface area (TPSA) is 85.4 Å². The van der Waals surface area contributed by atoms with Crippen molar-refractivity contribution in [3.63, 3.8) is 0 Å². The molecule has 7 heteroatoms. The fourth-order valence-electron chi connectivity index (χ4n) is 4.07. The molecule has 1 aliphatic carbocycles. The van der Waals surface area contributed by atoms with Gasteiger partial charge in [0.05, 0.1) is 22.5 Å². The number of aromatic nitrogens is 1. The zero-order chi connectivity index (χ0) is 22.7. The van der Waals surface area contributed by atoms with Crippen LogP contribution in [0.2, 0.25) is 0 Å². The van der Waals surface area contributed by atoms with E-state index in [0.29, 0.717) is 17.0 Å². The molecule has 1 N–H and O–H groups in total. The van der Waals surface area contributed by atoms with E-state index in [9.17, 15) is 14.4 Å². The number of carbonyl (C=O) groups is 3. The zero-order valence-corrected chi connectivity index (χ0v) is 19.1. The highest BCUT2D eigenvalue weighted by Gasteiger charge is 2.27. The van der Waals surface area contributed by atoms with E-state index in [1.807, 2.05) is 24.3 Å². The minimum Gasteiger partial charge on any atom is -0.451 e. The van der Waals surface area contributed by atoms with Crippen LogP contribution in [0.25, 0.3) is 10.9 Å². The molecule has 0 bridgehead atoms. The molecule has 0 spiro atoms. The first-order valence-corrected chi connectivity index (χ1v) is 11.7. The number of esters is 1. The van der Waals surface area contributed by atoms with Gasteiger partial charge in [-0.25, -0.2) is 4.79 Å². The number of hydrogen-bond acceptors (Lipinski definition) is 6. The summed E-state index contributed by atoms with van der Waals surface area (Å²) < 4.78 is 5.70. The summed E-state index contributed by atoms with van der Waals surface area (Å²) >= 11 is 1.30. The highest BCUT2D eigenvalue weighted by Crippen LogP contribution is 2.30. The molecule has 1 unspecified atom stereocenters. The number of ether oxygens (including phenoxy) is 1. The molecule has 1 amide bonds. The van der Waals surface area contributed by atoms with E-state index in [1.54, 1.807) is 19.1 Å². The second-order valence-electron chi connectivity index (χ2n) is 8.08. The molecular formula is C25H26N2O4S. The van der Waals surface area contributed by atoms with Crippen LogP contribution in [-0.4, -0.2) is 28.7 Å². The lowest BCUT2D eigenvalue weighted by Crippen LogP contribution is -2.25. The van der Waals surface area contributed by atoms with E-state index in [0.717, 1.165) is 59.1 Å². The molecule has 1 aromatic carbocycles. The Morgan fingerprint density at radius 1 is 1.09 bits per heavy atom. The second-order valence-corrected chi connectivity index (χ2v) is 9.25. The van der Waals surface area contributed by atoms with Crippen LogP contribution in [0.1, 0.15) is 69.3 Å². The van der Waals surface area contributed by atoms with Gasteiger partial charge in [-0.05, 0) is 56.4 Å². The molecule has 32 heavy (non-hydrogen) atoms. The van der Waals surface area contributed by atoms with E-state index in [1.165, 1.54) is 18.3 Å². The average Bonchev–Trinajstić information content (AvgIpc) is 3.13. The Kier molecular flexibility index (Phi) is 6.65. The first kappa shape index (κ1) is 22.1. The summed E-state index contributed by atoms with van der Waals surface area (Å²) in [5.41, 5.74) is 3.25. The van der Waals surface area contributed by atoms with Crippen molar-refractivity contribution in [1.29, 1.82) is 0 Å². The van der Waals surface area contributed by atoms with Crippen molar-refractivity contribution in [3.8, 4) is 0 Å². The molecule has 1 atom stereocenters. The maximum atomic E-state index is 13.3. The van der Waals surface area contributed by atoms with E-state index >= 15 is 0 Å². The van der Waals surface area contributed by atoms with Crippen LogP contribution in [0, 0.1) is 0 Å². The molecule has 1 aliphatic rings. The quantitative estimate of drug-likeness (QED) is 0.336. The Bertz CT molecular complexity index is 1180. The Balaban J connectivity index is 1.58. The number of pyridine rings is 1. The summed E-state index contributed by atoms with van der Waals surface area (Å²) in [7, 11) is 0. The number of thiophene rings is 1. The van der Waals surface area contributed by atoms with Crippen molar-refractivity contribution < 1.29 is 19.1 Å². The Morgan fingerprint density at radius 2 is 1.88 bits per heavy atom. The third-order valence-corrected chi connectivity index (χ3v) is 6.79. The van der Waals surface area contributed by atoms with E-state index in [-0.39, 0.29) is 11.7 Å². The fourth-order valence-corrected chi connectivity index (χ4v) is 5.04. The normalized spacial score (nSPS) is 14.3. The maximum absolute atomic E-state index is 13.3. The number of nitrogens with zero attached hydrogens (tertiary/aromatic N) is 1. The van der Waals surface area contributed by atoms with Gasteiger partial charge in [-0.1, -0.05) is 24.6 Å². The molecule has 0 aliphatic heterocycles.